The fourth-order valence-corrected chi connectivity index (χ4v) is 2.79. The average molecular weight is 381 g/mol. The molecule has 23 heavy (non-hydrogen) atoms. The van der Waals surface area contributed by atoms with Crippen molar-refractivity contribution < 1.29 is 18.8 Å². The number of benzene rings is 1. The van der Waals surface area contributed by atoms with Gasteiger partial charge in [-0.15, -0.1) is 0 Å². The van der Waals surface area contributed by atoms with Gasteiger partial charge in [-0.25, -0.2) is 4.79 Å². The minimum atomic E-state index is -0.620. The number of hydrogen-bond donors (Lipinski definition) is 1. The van der Waals surface area contributed by atoms with E-state index in [9.17, 15) is 9.59 Å². The Balaban J connectivity index is 1.91. The summed E-state index contributed by atoms with van der Waals surface area (Å²) in [4.78, 5) is 23.9. The van der Waals surface area contributed by atoms with Crippen LogP contribution in [0.3, 0.4) is 0 Å². The molecule has 0 unspecified atom stereocenters. The monoisotopic (exact) mass is 380 g/mol. The van der Waals surface area contributed by atoms with Gasteiger partial charge in [0.1, 0.15) is 11.3 Å². The first-order valence-corrected chi connectivity index (χ1v) is 7.83. The Labute approximate surface area is 142 Å². The number of carbonyl (C=O) groups excluding carboxylic acids is 2. The largest absolute Gasteiger partial charge is 0.452 e. The molecule has 1 N–H and O–H groups in total. The summed E-state index contributed by atoms with van der Waals surface area (Å²) in [6, 6.07) is 7.38. The molecule has 0 bridgehead atoms. The lowest BCUT2D eigenvalue weighted by atomic mass is 10.1. The van der Waals surface area contributed by atoms with E-state index in [2.05, 4.69) is 26.4 Å². The third-order valence-electron chi connectivity index (χ3n) is 3.32. The summed E-state index contributed by atoms with van der Waals surface area (Å²) in [6.07, 6.45) is 0. The molecule has 2 rings (SSSR count). The summed E-state index contributed by atoms with van der Waals surface area (Å²) in [6.45, 7) is 4.75. The van der Waals surface area contributed by atoms with Crippen molar-refractivity contribution in [3.05, 3.63) is 51.3 Å². The van der Waals surface area contributed by atoms with E-state index in [4.69, 9.17) is 9.26 Å². The van der Waals surface area contributed by atoms with E-state index in [1.165, 1.54) is 0 Å². The second-order valence-electron chi connectivity index (χ2n) is 5.09. The zero-order valence-electron chi connectivity index (χ0n) is 13.1. The van der Waals surface area contributed by atoms with Crippen LogP contribution in [0.5, 0.6) is 0 Å². The zero-order valence-corrected chi connectivity index (χ0v) is 14.6. The van der Waals surface area contributed by atoms with E-state index in [0.717, 1.165) is 10.0 Å². The molecule has 0 fully saturated rings. The molecule has 0 aliphatic heterocycles. The van der Waals surface area contributed by atoms with Crippen molar-refractivity contribution in [2.75, 3.05) is 6.61 Å². The van der Waals surface area contributed by atoms with Crippen LogP contribution in [0.1, 0.15) is 40.3 Å². The molecule has 0 saturated heterocycles. The van der Waals surface area contributed by atoms with E-state index in [1.54, 1.807) is 13.8 Å². The summed E-state index contributed by atoms with van der Waals surface area (Å²) in [5, 5.41) is 6.46. The lowest BCUT2D eigenvalue weighted by molar-refractivity contribution is -0.124. The standard InChI is InChI=1S/C16H17BrN2O4/c1-9(12-6-4-5-7-13(12)17)18-14(20)8-22-16(21)15-10(2)19-23-11(15)3/h4-7,9H,8H2,1-3H3,(H,18,20)/t9-/m0/s1. The molecule has 1 aromatic carbocycles. The molecule has 122 valence electrons. The van der Waals surface area contributed by atoms with Gasteiger partial charge in [0.25, 0.3) is 5.91 Å². The zero-order chi connectivity index (χ0) is 17.0. The molecule has 1 amide bonds. The van der Waals surface area contributed by atoms with Crippen molar-refractivity contribution in [3.63, 3.8) is 0 Å². The highest BCUT2D eigenvalue weighted by Crippen LogP contribution is 2.22. The van der Waals surface area contributed by atoms with Crippen LogP contribution in [-0.4, -0.2) is 23.6 Å². The van der Waals surface area contributed by atoms with Crippen LogP contribution in [0, 0.1) is 13.8 Å². The van der Waals surface area contributed by atoms with Crippen LogP contribution in [0.25, 0.3) is 0 Å². The Morgan fingerprint density at radius 1 is 1.35 bits per heavy atom. The van der Waals surface area contributed by atoms with Gasteiger partial charge in [-0.3, -0.25) is 4.79 Å². The number of halogens is 1. The highest BCUT2D eigenvalue weighted by Gasteiger charge is 2.20. The van der Waals surface area contributed by atoms with E-state index < -0.39 is 5.97 Å². The topological polar surface area (TPSA) is 81.4 Å². The van der Waals surface area contributed by atoms with Crippen molar-refractivity contribution in [2.45, 2.75) is 26.8 Å². The van der Waals surface area contributed by atoms with Crippen LogP contribution in [0.2, 0.25) is 0 Å². The molecular weight excluding hydrogens is 364 g/mol. The first kappa shape index (κ1) is 17.2. The molecule has 0 radical (unpaired) electrons. The molecule has 1 heterocycles. The minimum absolute atomic E-state index is 0.212. The van der Waals surface area contributed by atoms with Crippen molar-refractivity contribution in [1.82, 2.24) is 10.5 Å². The van der Waals surface area contributed by atoms with Gasteiger partial charge in [0, 0.05) is 4.47 Å². The third-order valence-corrected chi connectivity index (χ3v) is 4.04. The van der Waals surface area contributed by atoms with Crippen LogP contribution in [-0.2, 0) is 9.53 Å². The Kier molecular flexibility index (Phi) is 5.54. The molecule has 2 aromatic rings. The number of nitrogens with one attached hydrogen (secondary N) is 1. The fraction of sp³-hybridized carbons (Fsp3) is 0.312. The van der Waals surface area contributed by atoms with E-state index in [1.807, 2.05) is 31.2 Å². The Bertz CT molecular complexity index is 707. The molecule has 0 saturated carbocycles. The number of carbonyl (C=O) groups is 2. The third kappa shape index (κ3) is 4.19. The Morgan fingerprint density at radius 3 is 2.65 bits per heavy atom. The Morgan fingerprint density at radius 2 is 2.04 bits per heavy atom. The van der Waals surface area contributed by atoms with Gasteiger partial charge in [-0.1, -0.05) is 39.3 Å². The molecule has 0 spiro atoms. The summed E-state index contributed by atoms with van der Waals surface area (Å²) in [5.41, 5.74) is 1.64. The fourth-order valence-electron chi connectivity index (χ4n) is 2.16. The number of ether oxygens (including phenoxy) is 1. The first-order chi connectivity index (χ1) is 10.9. The molecule has 1 aromatic heterocycles. The van der Waals surface area contributed by atoms with Crippen molar-refractivity contribution in [3.8, 4) is 0 Å². The second kappa shape index (κ2) is 7.41. The van der Waals surface area contributed by atoms with Crippen molar-refractivity contribution >= 4 is 27.8 Å². The predicted octanol–water partition coefficient (Wildman–Crippen LogP) is 3.09. The van der Waals surface area contributed by atoms with Crippen molar-refractivity contribution in [1.29, 1.82) is 0 Å². The first-order valence-electron chi connectivity index (χ1n) is 7.04. The molecular formula is C16H17BrN2O4. The molecule has 6 nitrogen and oxygen atoms in total. The van der Waals surface area contributed by atoms with E-state index in [0.29, 0.717) is 11.5 Å². The molecule has 7 heteroatoms. The smallest absolute Gasteiger partial charge is 0.344 e. The van der Waals surface area contributed by atoms with Crippen LogP contribution in [0.15, 0.2) is 33.3 Å². The molecule has 1 atom stereocenters. The maximum absolute atomic E-state index is 12.0. The summed E-state index contributed by atoms with van der Waals surface area (Å²) in [7, 11) is 0. The molecule has 0 aliphatic carbocycles. The van der Waals surface area contributed by atoms with Gasteiger partial charge < -0.3 is 14.6 Å². The van der Waals surface area contributed by atoms with Gasteiger partial charge in [0.2, 0.25) is 0 Å². The number of esters is 1. The number of hydrogen-bond acceptors (Lipinski definition) is 5. The van der Waals surface area contributed by atoms with Gasteiger partial charge >= 0.3 is 5.97 Å². The van der Waals surface area contributed by atoms with Gasteiger partial charge in [-0.2, -0.15) is 0 Å². The van der Waals surface area contributed by atoms with Crippen LogP contribution < -0.4 is 5.32 Å². The van der Waals surface area contributed by atoms with Gasteiger partial charge in [0.15, 0.2) is 6.61 Å². The highest BCUT2D eigenvalue weighted by molar-refractivity contribution is 9.10. The van der Waals surface area contributed by atoms with Crippen LogP contribution in [0.4, 0.5) is 0 Å². The number of aromatic nitrogens is 1. The maximum atomic E-state index is 12.0. The van der Waals surface area contributed by atoms with E-state index in [-0.39, 0.29) is 24.1 Å². The average Bonchev–Trinajstić information content (AvgIpc) is 2.84. The van der Waals surface area contributed by atoms with E-state index >= 15 is 0 Å². The normalized spacial score (nSPS) is 11.8. The highest BCUT2D eigenvalue weighted by atomic mass is 79.9. The summed E-state index contributed by atoms with van der Waals surface area (Å²) in [5.74, 6) is -0.632. The number of aryl methyl sites for hydroxylation is 2. The van der Waals surface area contributed by atoms with Gasteiger partial charge in [0.05, 0.1) is 11.7 Å². The van der Waals surface area contributed by atoms with Crippen molar-refractivity contribution in [2.24, 2.45) is 0 Å². The predicted molar refractivity (Wildman–Crippen MR) is 87.0 cm³/mol. The SMILES string of the molecule is Cc1noc(C)c1C(=O)OCC(=O)N[C@@H](C)c1ccccc1Br. The Hall–Kier alpha value is -2.15. The van der Waals surface area contributed by atoms with Gasteiger partial charge in [-0.05, 0) is 32.4 Å². The lowest BCUT2D eigenvalue weighted by Crippen LogP contribution is -2.31. The number of nitrogens with zero attached hydrogens (tertiary/aromatic N) is 1. The lowest BCUT2D eigenvalue weighted by Gasteiger charge is -2.15. The summed E-state index contributed by atoms with van der Waals surface area (Å²) >= 11 is 3.44. The summed E-state index contributed by atoms with van der Waals surface area (Å²) < 4.78 is 10.8. The quantitative estimate of drug-likeness (QED) is 0.805. The van der Waals surface area contributed by atoms with Crippen LogP contribution >= 0.6 is 15.9 Å². The molecule has 0 aliphatic rings. The number of amides is 1. The maximum Gasteiger partial charge on any atom is 0.344 e. The number of rotatable bonds is 5. The second-order valence-corrected chi connectivity index (χ2v) is 5.94. The minimum Gasteiger partial charge on any atom is -0.452 e.